The quantitative estimate of drug-likeness (QED) is 0.803. The van der Waals surface area contributed by atoms with Crippen LogP contribution in [0.3, 0.4) is 0 Å². The molecule has 108 valence electrons. The average Bonchev–Trinajstić information content (AvgIpc) is 2.77. The van der Waals surface area contributed by atoms with Crippen LogP contribution in [0.1, 0.15) is 36.2 Å². The highest BCUT2D eigenvalue weighted by molar-refractivity contribution is 6.03. The smallest absolute Gasteiger partial charge is 0.294 e. The van der Waals surface area contributed by atoms with Crippen LogP contribution < -0.4 is 0 Å². The van der Waals surface area contributed by atoms with Crippen molar-refractivity contribution in [2.45, 2.75) is 32.9 Å². The summed E-state index contributed by atoms with van der Waals surface area (Å²) in [6.07, 6.45) is -2.12. The fourth-order valence-electron chi connectivity index (χ4n) is 1.96. The second-order valence-corrected chi connectivity index (χ2v) is 5.06. The third-order valence-electron chi connectivity index (χ3n) is 3.06. The first-order chi connectivity index (χ1) is 9.28. The second-order valence-electron chi connectivity index (χ2n) is 5.06. The van der Waals surface area contributed by atoms with Crippen LogP contribution in [0.5, 0.6) is 0 Å². The van der Waals surface area contributed by atoms with E-state index in [-0.39, 0.29) is 18.1 Å². The van der Waals surface area contributed by atoms with Crippen molar-refractivity contribution >= 4 is 11.3 Å². The number of fused-ring (bicyclic) bond motifs is 1. The number of aryl methyl sites for hydroxylation is 1. The standard InChI is InChI=1S/C14H15F3N2O/c1-9(2)13(20)11-7-18-19-8-10(3-4-12(11)19)5-6-14(15,16)17/h3-4,7-9H,5-6H2,1-2H3. The topological polar surface area (TPSA) is 34.4 Å². The SMILES string of the molecule is CC(C)C(=O)c1cnn2cc(CCC(F)(F)F)ccc12. The lowest BCUT2D eigenvalue weighted by atomic mass is 10.0. The van der Waals surface area contributed by atoms with Gasteiger partial charge in [0.2, 0.25) is 0 Å². The Kier molecular flexibility index (Phi) is 3.83. The molecule has 0 spiro atoms. The van der Waals surface area contributed by atoms with Gasteiger partial charge in [-0.1, -0.05) is 19.9 Å². The van der Waals surface area contributed by atoms with Gasteiger partial charge in [0, 0.05) is 18.5 Å². The molecule has 2 aromatic heterocycles. The molecule has 0 aromatic carbocycles. The number of halogens is 3. The monoisotopic (exact) mass is 284 g/mol. The summed E-state index contributed by atoms with van der Waals surface area (Å²) in [6, 6.07) is 3.26. The van der Waals surface area contributed by atoms with Gasteiger partial charge in [0.25, 0.3) is 0 Å². The van der Waals surface area contributed by atoms with Crippen molar-refractivity contribution in [2.24, 2.45) is 5.92 Å². The van der Waals surface area contributed by atoms with Gasteiger partial charge in [-0.25, -0.2) is 4.52 Å². The van der Waals surface area contributed by atoms with Gasteiger partial charge >= 0.3 is 6.18 Å². The molecule has 6 heteroatoms. The summed E-state index contributed by atoms with van der Waals surface area (Å²) < 4.78 is 38.0. The Morgan fingerprint density at radius 3 is 2.65 bits per heavy atom. The van der Waals surface area contributed by atoms with E-state index < -0.39 is 12.6 Å². The number of hydrogen-bond acceptors (Lipinski definition) is 2. The molecule has 0 N–H and O–H groups in total. The van der Waals surface area contributed by atoms with Gasteiger partial charge in [0.15, 0.2) is 5.78 Å². The minimum absolute atomic E-state index is 0.0250. The molecule has 0 aliphatic heterocycles. The first-order valence-electron chi connectivity index (χ1n) is 6.35. The minimum atomic E-state index is -4.17. The van der Waals surface area contributed by atoms with Crippen LogP contribution in [0.4, 0.5) is 13.2 Å². The van der Waals surface area contributed by atoms with E-state index in [1.165, 1.54) is 16.9 Å². The minimum Gasteiger partial charge on any atom is -0.294 e. The maximum absolute atomic E-state index is 12.2. The molecule has 0 saturated heterocycles. The molecule has 0 fully saturated rings. The molecular formula is C14H15F3N2O. The lowest BCUT2D eigenvalue weighted by molar-refractivity contribution is -0.134. The molecule has 0 radical (unpaired) electrons. The molecule has 3 nitrogen and oxygen atoms in total. The molecule has 20 heavy (non-hydrogen) atoms. The summed E-state index contributed by atoms with van der Waals surface area (Å²) in [5, 5.41) is 4.04. The van der Waals surface area contributed by atoms with Gasteiger partial charge in [-0.2, -0.15) is 18.3 Å². The Balaban J connectivity index is 2.26. The van der Waals surface area contributed by atoms with Gasteiger partial charge in [-0.3, -0.25) is 4.79 Å². The van der Waals surface area contributed by atoms with Gasteiger partial charge in [-0.05, 0) is 18.1 Å². The van der Waals surface area contributed by atoms with Gasteiger partial charge < -0.3 is 0 Å². The fourth-order valence-corrected chi connectivity index (χ4v) is 1.96. The third-order valence-corrected chi connectivity index (χ3v) is 3.06. The average molecular weight is 284 g/mol. The number of nitrogens with zero attached hydrogens (tertiary/aromatic N) is 2. The Bertz CT molecular complexity index is 629. The zero-order valence-electron chi connectivity index (χ0n) is 11.2. The molecule has 2 aromatic rings. The van der Waals surface area contributed by atoms with E-state index in [4.69, 9.17) is 0 Å². The first-order valence-corrected chi connectivity index (χ1v) is 6.35. The van der Waals surface area contributed by atoms with E-state index in [0.29, 0.717) is 16.6 Å². The highest BCUT2D eigenvalue weighted by Gasteiger charge is 2.26. The van der Waals surface area contributed by atoms with Gasteiger partial charge in [0.05, 0.1) is 17.3 Å². The Morgan fingerprint density at radius 1 is 1.35 bits per heavy atom. The van der Waals surface area contributed by atoms with E-state index in [9.17, 15) is 18.0 Å². The molecule has 0 aliphatic carbocycles. The van der Waals surface area contributed by atoms with E-state index in [1.807, 2.05) is 0 Å². The van der Waals surface area contributed by atoms with Crippen molar-refractivity contribution in [2.75, 3.05) is 0 Å². The highest BCUT2D eigenvalue weighted by atomic mass is 19.4. The second kappa shape index (κ2) is 5.26. The van der Waals surface area contributed by atoms with Crippen molar-refractivity contribution in [1.82, 2.24) is 9.61 Å². The van der Waals surface area contributed by atoms with E-state index in [1.54, 1.807) is 26.0 Å². The lowest BCUT2D eigenvalue weighted by Gasteiger charge is -2.07. The van der Waals surface area contributed by atoms with Crippen LogP contribution in [0.25, 0.3) is 5.52 Å². The number of hydrogen-bond donors (Lipinski definition) is 0. The maximum Gasteiger partial charge on any atom is 0.389 e. The van der Waals surface area contributed by atoms with Crippen molar-refractivity contribution in [1.29, 1.82) is 0 Å². The first kappa shape index (κ1) is 14.6. The fraction of sp³-hybridized carbons (Fsp3) is 0.429. The van der Waals surface area contributed by atoms with Gasteiger partial charge in [-0.15, -0.1) is 0 Å². The van der Waals surface area contributed by atoms with Crippen molar-refractivity contribution in [3.8, 4) is 0 Å². The summed E-state index contributed by atoms with van der Waals surface area (Å²) in [7, 11) is 0. The molecule has 0 amide bonds. The zero-order chi connectivity index (χ0) is 14.9. The van der Waals surface area contributed by atoms with Crippen LogP contribution in [0, 0.1) is 5.92 Å². The van der Waals surface area contributed by atoms with Crippen LogP contribution in [0.2, 0.25) is 0 Å². The molecule has 2 rings (SSSR count). The molecule has 0 atom stereocenters. The lowest BCUT2D eigenvalue weighted by Crippen LogP contribution is -2.09. The van der Waals surface area contributed by atoms with Crippen molar-refractivity contribution in [3.63, 3.8) is 0 Å². The van der Waals surface area contributed by atoms with E-state index >= 15 is 0 Å². The normalized spacial score (nSPS) is 12.3. The predicted octanol–water partition coefficient (Wildman–Crippen LogP) is 3.67. The number of ketones is 1. The zero-order valence-corrected chi connectivity index (χ0v) is 11.2. The molecule has 2 heterocycles. The number of alkyl halides is 3. The van der Waals surface area contributed by atoms with Crippen LogP contribution in [-0.4, -0.2) is 21.6 Å². The van der Waals surface area contributed by atoms with E-state index in [2.05, 4.69) is 5.10 Å². The molecule has 0 bridgehead atoms. The third kappa shape index (κ3) is 3.18. The highest BCUT2D eigenvalue weighted by Crippen LogP contribution is 2.23. The number of carbonyl (C=O) groups excluding carboxylic acids is 1. The number of aromatic nitrogens is 2. The number of pyridine rings is 1. The van der Waals surface area contributed by atoms with Crippen LogP contribution >= 0.6 is 0 Å². The summed E-state index contributed by atoms with van der Waals surface area (Å²) in [5.74, 6) is -0.170. The molecule has 0 aliphatic rings. The summed E-state index contributed by atoms with van der Waals surface area (Å²) in [4.78, 5) is 12.0. The predicted molar refractivity (Wildman–Crippen MR) is 68.7 cm³/mol. The largest absolute Gasteiger partial charge is 0.389 e. The van der Waals surface area contributed by atoms with Crippen molar-refractivity contribution in [3.05, 3.63) is 35.7 Å². The maximum atomic E-state index is 12.2. The van der Waals surface area contributed by atoms with Crippen LogP contribution in [-0.2, 0) is 6.42 Å². The molecule has 0 unspecified atom stereocenters. The number of rotatable bonds is 4. The molecule has 0 saturated carbocycles. The van der Waals surface area contributed by atoms with Gasteiger partial charge in [0.1, 0.15) is 0 Å². The van der Waals surface area contributed by atoms with E-state index in [0.717, 1.165) is 0 Å². The Labute approximate surface area is 114 Å². The summed E-state index contributed by atoms with van der Waals surface area (Å²) in [5.41, 5.74) is 1.67. The summed E-state index contributed by atoms with van der Waals surface area (Å²) in [6.45, 7) is 3.59. The Hall–Kier alpha value is -1.85. The number of Topliss-reactive ketones (excluding diaryl/α,β-unsaturated/α-hetero) is 1. The van der Waals surface area contributed by atoms with Crippen molar-refractivity contribution < 1.29 is 18.0 Å². The number of carbonyl (C=O) groups is 1. The summed E-state index contributed by atoms with van der Waals surface area (Å²) >= 11 is 0. The Morgan fingerprint density at radius 2 is 2.05 bits per heavy atom. The molecular weight excluding hydrogens is 269 g/mol. The van der Waals surface area contributed by atoms with Crippen LogP contribution in [0.15, 0.2) is 24.5 Å².